The van der Waals surface area contributed by atoms with Crippen LogP contribution in [0.2, 0.25) is 0 Å². The molecule has 0 radical (unpaired) electrons. The fraction of sp³-hybridized carbons (Fsp3) is 0.333. The van der Waals surface area contributed by atoms with E-state index in [0.717, 1.165) is 31.4 Å². The van der Waals surface area contributed by atoms with Crippen molar-refractivity contribution >= 4 is 27.4 Å². The van der Waals surface area contributed by atoms with Crippen LogP contribution < -0.4 is 10.6 Å². The standard InChI is InChI=1S/C24H29N5O3S/c1-19-11-12-20(17-22(19)33(31,32)28-14-7-2-3-8-15-28)26-24(30)18-25-23-13-16-29(27-23)21-9-5-4-6-10-21/h4-6,9-13,16-17H,2-3,7-8,14-15,18H2,1H3,(H,25,27)(H,26,30). The summed E-state index contributed by atoms with van der Waals surface area (Å²) in [7, 11) is -3.60. The van der Waals surface area contributed by atoms with Gasteiger partial charge >= 0.3 is 0 Å². The molecule has 0 spiro atoms. The maximum absolute atomic E-state index is 13.2. The van der Waals surface area contributed by atoms with Gasteiger partial charge in [0, 0.05) is 31.0 Å². The van der Waals surface area contributed by atoms with E-state index >= 15 is 0 Å². The summed E-state index contributed by atoms with van der Waals surface area (Å²) >= 11 is 0. The molecule has 4 rings (SSSR count). The molecule has 1 fully saturated rings. The molecule has 1 aromatic heterocycles. The number of rotatable bonds is 7. The molecule has 1 aliphatic heterocycles. The molecule has 1 aliphatic rings. The molecule has 9 heteroatoms. The van der Waals surface area contributed by atoms with E-state index in [-0.39, 0.29) is 17.3 Å². The van der Waals surface area contributed by atoms with Crippen molar-refractivity contribution in [3.63, 3.8) is 0 Å². The molecular weight excluding hydrogens is 438 g/mol. The molecule has 2 N–H and O–H groups in total. The van der Waals surface area contributed by atoms with Crippen molar-refractivity contribution < 1.29 is 13.2 Å². The molecule has 0 saturated carbocycles. The lowest BCUT2D eigenvalue weighted by Gasteiger charge is -2.21. The van der Waals surface area contributed by atoms with Crippen molar-refractivity contribution in [3.05, 3.63) is 66.4 Å². The molecule has 8 nitrogen and oxygen atoms in total. The Bertz CT molecular complexity index is 1200. The third kappa shape index (κ3) is 5.61. The maximum Gasteiger partial charge on any atom is 0.243 e. The molecule has 2 heterocycles. The van der Waals surface area contributed by atoms with Crippen LogP contribution in [-0.2, 0) is 14.8 Å². The molecule has 0 unspecified atom stereocenters. The number of carbonyl (C=O) groups is 1. The first-order chi connectivity index (χ1) is 15.9. The third-order valence-corrected chi connectivity index (χ3v) is 7.74. The lowest BCUT2D eigenvalue weighted by Crippen LogP contribution is -2.32. The van der Waals surface area contributed by atoms with Crippen LogP contribution in [0, 0.1) is 6.92 Å². The van der Waals surface area contributed by atoms with Gasteiger partial charge in [0.1, 0.15) is 5.82 Å². The largest absolute Gasteiger partial charge is 0.360 e. The second-order valence-corrected chi connectivity index (χ2v) is 10.1. The topological polar surface area (TPSA) is 96.3 Å². The van der Waals surface area contributed by atoms with Gasteiger partial charge in [-0.1, -0.05) is 37.1 Å². The highest BCUT2D eigenvalue weighted by atomic mass is 32.2. The molecular formula is C24H29N5O3S. The Morgan fingerprint density at radius 2 is 1.73 bits per heavy atom. The number of hydrogen-bond donors (Lipinski definition) is 2. The fourth-order valence-corrected chi connectivity index (χ4v) is 5.66. The van der Waals surface area contributed by atoms with Crippen molar-refractivity contribution in [1.29, 1.82) is 0 Å². The smallest absolute Gasteiger partial charge is 0.243 e. The van der Waals surface area contributed by atoms with E-state index in [9.17, 15) is 13.2 Å². The fourth-order valence-electron chi connectivity index (χ4n) is 3.90. The molecule has 0 atom stereocenters. The van der Waals surface area contributed by atoms with Crippen LogP contribution in [0.1, 0.15) is 31.2 Å². The lowest BCUT2D eigenvalue weighted by atomic mass is 10.2. The highest BCUT2D eigenvalue weighted by Crippen LogP contribution is 2.26. The number of para-hydroxylation sites is 1. The van der Waals surface area contributed by atoms with Crippen LogP contribution in [0.5, 0.6) is 0 Å². The van der Waals surface area contributed by atoms with E-state index in [1.54, 1.807) is 40.2 Å². The second-order valence-electron chi connectivity index (χ2n) is 8.18. The predicted molar refractivity (Wildman–Crippen MR) is 129 cm³/mol. The average Bonchev–Trinajstić information content (AvgIpc) is 3.11. The van der Waals surface area contributed by atoms with Gasteiger partial charge in [0.15, 0.2) is 0 Å². The Kier molecular flexibility index (Phi) is 7.10. The summed E-state index contributed by atoms with van der Waals surface area (Å²) in [6.07, 6.45) is 5.67. The van der Waals surface area contributed by atoms with Crippen LogP contribution in [0.25, 0.3) is 5.69 Å². The normalized spacial score (nSPS) is 15.1. The van der Waals surface area contributed by atoms with Crippen LogP contribution in [0.4, 0.5) is 11.5 Å². The van der Waals surface area contributed by atoms with Gasteiger partial charge in [-0.05, 0) is 49.6 Å². The summed E-state index contributed by atoms with van der Waals surface area (Å²) in [5, 5.41) is 10.2. The highest BCUT2D eigenvalue weighted by molar-refractivity contribution is 7.89. The lowest BCUT2D eigenvalue weighted by molar-refractivity contribution is -0.114. The zero-order valence-corrected chi connectivity index (χ0v) is 19.5. The van der Waals surface area contributed by atoms with Crippen LogP contribution in [-0.4, -0.2) is 48.0 Å². The first-order valence-electron chi connectivity index (χ1n) is 11.2. The summed E-state index contributed by atoms with van der Waals surface area (Å²) in [6, 6.07) is 16.5. The van der Waals surface area contributed by atoms with Crippen molar-refractivity contribution in [2.45, 2.75) is 37.5 Å². The van der Waals surface area contributed by atoms with Crippen LogP contribution in [0.15, 0.2) is 65.7 Å². The van der Waals surface area contributed by atoms with E-state index in [1.165, 1.54) is 0 Å². The Hall–Kier alpha value is -3.17. The minimum atomic E-state index is -3.60. The third-order valence-electron chi connectivity index (χ3n) is 5.69. The first kappa shape index (κ1) is 23.0. The van der Waals surface area contributed by atoms with Gasteiger partial charge in [0.25, 0.3) is 0 Å². The number of carbonyl (C=O) groups excluding carboxylic acids is 1. The van der Waals surface area contributed by atoms with Gasteiger partial charge in [-0.15, -0.1) is 0 Å². The summed E-state index contributed by atoms with van der Waals surface area (Å²) < 4.78 is 29.7. The number of nitrogens with zero attached hydrogens (tertiary/aromatic N) is 3. The quantitative estimate of drug-likeness (QED) is 0.551. The second kappa shape index (κ2) is 10.2. The summed E-state index contributed by atoms with van der Waals surface area (Å²) in [6.45, 7) is 2.87. The number of sulfonamides is 1. The monoisotopic (exact) mass is 467 g/mol. The number of hydrogen-bond acceptors (Lipinski definition) is 5. The number of benzene rings is 2. The SMILES string of the molecule is Cc1ccc(NC(=O)CNc2ccn(-c3ccccc3)n2)cc1S(=O)(=O)N1CCCCCC1. The van der Waals surface area contributed by atoms with E-state index in [4.69, 9.17) is 0 Å². The Labute approximate surface area is 194 Å². The zero-order chi connectivity index (χ0) is 23.3. The molecule has 2 aromatic carbocycles. The Morgan fingerprint density at radius 3 is 2.45 bits per heavy atom. The van der Waals surface area contributed by atoms with Gasteiger partial charge in [-0.3, -0.25) is 4.79 Å². The number of amides is 1. The van der Waals surface area contributed by atoms with Crippen LogP contribution in [0.3, 0.4) is 0 Å². The summed E-state index contributed by atoms with van der Waals surface area (Å²) in [5.41, 5.74) is 2.05. The van der Waals surface area contributed by atoms with Crippen molar-refractivity contribution in [1.82, 2.24) is 14.1 Å². The molecule has 174 valence electrons. The van der Waals surface area contributed by atoms with E-state index in [0.29, 0.717) is 30.2 Å². The van der Waals surface area contributed by atoms with Gasteiger partial charge in [0.05, 0.1) is 17.1 Å². The van der Waals surface area contributed by atoms with Crippen molar-refractivity contribution in [2.75, 3.05) is 30.3 Å². The zero-order valence-electron chi connectivity index (χ0n) is 18.7. The number of nitrogens with one attached hydrogen (secondary N) is 2. The van der Waals surface area contributed by atoms with E-state index in [1.807, 2.05) is 36.5 Å². The Balaban J connectivity index is 1.40. The molecule has 0 aliphatic carbocycles. The Morgan fingerprint density at radius 1 is 1.00 bits per heavy atom. The minimum absolute atomic E-state index is 0.00783. The van der Waals surface area contributed by atoms with Gasteiger partial charge in [0.2, 0.25) is 15.9 Å². The van der Waals surface area contributed by atoms with Gasteiger partial charge in [-0.2, -0.15) is 9.40 Å². The molecule has 0 bridgehead atoms. The molecule has 3 aromatic rings. The van der Waals surface area contributed by atoms with E-state index in [2.05, 4.69) is 15.7 Å². The molecule has 1 amide bonds. The van der Waals surface area contributed by atoms with Gasteiger partial charge in [-0.25, -0.2) is 13.1 Å². The van der Waals surface area contributed by atoms with Crippen molar-refractivity contribution in [3.8, 4) is 5.69 Å². The predicted octanol–water partition coefficient (Wildman–Crippen LogP) is 3.80. The summed E-state index contributed by atoms with van der Waals surface area (Å²) in [4.78, 5) is 12.7. The van der Waals surface area contributed by atoms with E-state index < -0.39 is 10.0 Å². The highest BCUT2D eigenvalue weighted by Gasteiger charge is 2.27. The number of anilines is 2. The van der Waals surface area contributed by atoms with Crippen LogP contribution >= 0.6 is 0 Å². The molecule has 33 heavy (non-hydrogen) atoms. The average molecular weight is 468 g/mol. The molecule has 1 saturated heterocycles. The number of aromatic nitrogens is 2. The van der Waals surface area contributed by atoms with Crippen molar-refractivity contribution in [2.24, 2.45) is 0 Å². The van der Waals surface area contributed by atoms with Gasteiger partial charge < -0.3 is 10.6 Å². The minimum Gasteiger partial charge on any atom is -0.360 e. The first-order valence-corrected chi connectivity index (χ1v) is 12.6. The number of aryl methyl sites for hydroxylation is 1. The summed E-state index contributed by atoms with van der Waals surface area (Å²) in [5.74, 6) is 0.286. The maximum atomic E-state index is 13.2.